The number of rotatable bonds is 3. The van der Waals surface area contributed by atoms with E-state index in [-0.39, 0.29) is 18.3 Å². The number of hydrogen-bond donors (Lipinski definition) is 0. The Bertz CT molecular complexity index is 716. The Labute approximate surface area is 139 Å². The molecule has 0 saturated carbocycles. The van der Waals surface area contributed by atoms with Gasteiger partial charge in [0, 0.05) is 23.5 Å². The minimum absolute atomic E-state index is 0.0749. The van der Waals surface area contributed by atoms with Crippen LogP contribution in [0.5, 0.6) is 0 Å². The van der Waals surface area contributed by atoms with Crippen molar-refractivity contribution in [3.63, 3.8) is 0 Å². The number of fused-ring (bicyclic) bond motifs is 1. The second kappa shape index (κ2) is 7.04. The maximum Gasteiger partial charge on any atom is 0.374 e. The molecule has 2 heterocycles. The quantitative estimate of drug-likeness (QED) is 0.803. The third-order valence-corrected chi connectivity index (χ3v) is 4.20. The highest BCUT2D eigenvalue weighted by Gasteiger charge is 2.19. The van der Waals surface area contributed by atoms with E-state index in [4.69, 9.17) is 20.8 Å². The fourth-order valence-corrected chi connectivity index (χ4v) is 2.91. The molecule has 0 bridgehead atoms. The highest BCUT2D eigenvalue weighted by atomic mass is 35.5. The molecule has 1 aliphatic rings. The molecular weight excluding hydrogens is 318 g/mol. The van der Waals surface area contributed by atoms with Crippen molar-refractivity contribution < 1.29 is 18.7 Å². The average molecular weight is 336 g/mol. The summed E-state index contributed by atoms with van der Waals surface area (Å²) in [7, 11) is 0. The molecule has 0 unspecified atom stereocenters. The first-order valence-electron chi connectivity index (χ1n) is 7.77. The van der Waals surface area contributed by atoms with Gasteiger partial charge in [0.25, 0.3) is 5.91 Å². The number of furan rings is 1. The van der Waals surface area contributed by atoms with Crippen LogP contribution < -0.4 is 0 Å². The minimum Gasteiger partial charge on any atom is -0.450 e. The van der Waals surface area contributed by atoms with Crippen LogP contribution in [-0.4, -0.2) is 36.5 Å². The number of nitrogens with zero attached hydrogens (tertiary/aromatic N) is 1. The second-order valence-corrected chi connectivity index (χ2v) is 6.10. The molecular formula is C17H18ClNO4. The lowest BCUT2D eigenvalue weighted by atomic mass is 10.2. The molecule has 1 aromatic carbocycles. The van der Waals surface area contributed by atoms with Crippen LogP contribution in [-0.2, 0) is 9.53 Å². The third-order valence-electron chi connectivity index (χ3n) is 3.97. The van der Waals surface area contributed by atoms with Gasteiger partial charge >= 0.3 is 5.97 Å². The smallest absolute Gasteiger partial charge is 0.374 e. The first-order chi connectivity index (χ1) is 11.1. The molecule has 0 atom stereocenters. The second-order valence-electron chi connectivity index (χ2n) is 5.66. The monoisotopic (exact) mass is 335 g/mol. The van der Waals surface area contributed by atoms with E-state index >= 15 is 0 Å². The van der Waals surface area contributed by atoms with Gasteiger partial charge in [-0.1, -0.05) is 24.4 Å². The predicted octanol–water partition coefficient (Wildman–Crippen LogP) is 3.65. The maximum atomic E-state index is 12.1. The summed E-state index contributed by atoms with van der Waals surface area (Å²) in [5.41, 5.74) is 0.556. The Hall–Kier alpha value is -2.01. The molecule has 0 N–H and O–H groups in total. The summed E-state index contributed by atoms with van der Waals surface area (Å²) in [5, 5.41) is 1.29. The largest absolute Gasteiger partial charge is 0.450 e. The van der Waals surface area contributed by atoms with Crippen LogP contribution in [0.1, 0.15) is 36.2 Å². The van der Waals surface area contributed by atoms with Gasteiger partial charge < -0.3 is 14.1 Å². The molecule has 0 radical (unpaired) electrons. The van der Waals surface area contributed by atoms with E-state index in [0.29, 0.717) is 10.6 Å². The van der Waals surface area contributed by atoms with Crippen LogP contribution in [0.15, 0.2) is 28.7 Å². The fourth-order valence-electron chi connectivity index (χ4n) is 2.72. The van der Waals surface area contributed by atoms with E-state index in [9.17, 15) is 9.59 Å². The van der Waals surface area contributed by atoms with Crippen molar-refractivity contribution in [1.29, 1.82) is 0 Å². The van der Waals surface area contributed by atoms with Crippen molar-refractivity contribution >= 4 is 34.4 Å². The number of carbonyl (C=O) groups excluding carboxylic acids is 2. The van der Waals surface area contributed by atoms with Crippen molar-refractivity contribution in [3.8, 4) is 0 Å². The zero-order valence-corrected chi connectivity index (χ0v) is 13.5. The third kappa shape index (κ3) is 3.85. The number of likely N-dealkylation sites (tertiary alicyclic amines) is 1. The van der Waals surface area contributed by atoms with Gasteiger partial charge in [-0.3, -0.25) is 4.79 Å². The zero-order valence-electron chi connectivity index (χ0n) is 12.7. The Morgan fingerprint density at radius 1 is 1.13 bits per heavy atom. The summed E-state index contributed by atoms with van der Waals surface area (Å²) in [6, 6.07) is 6.65. The van der Waals surface area contributed by atoms with E-state index in [1.54, 1.807) is 29.2 Å². The Balaban J connectivity index is 1.60. The number of ether oxygens (including phenoxy) is 1. The summed E-state index contributed by atoms with van der Waals surface area (Å²) in [6.07, 6.45) is 4.30. The van der Waals surface area contributed by atoms with Gasteiger partial charge in [-0.15, -0.1) is 0 Å². The SMILES string of the molecule is O=C(OCC(=O)N1CCCCCC1)c1cc2cc(Cl)ccc2o1. The topological polar surface area (TPSA) is 59.8 Å². The number of benzene rings is 1. The summed E-state index contributed by atoms with van der Waals surface area (Å²) < 4.78 is 10.5. The summed E-state index contributed by atoms with van der Waals surface area (Å²) in [6.45, 7) is 1.22. The van der Waals surface area contributed by atoms with E-state index in [2.05, 4.69) is 0 Å². The molecule has 2 aromatic rings. The fraction of sp³-hybridized carbons (Fsp3) is 0.412. The normalized spacial score (nSPS) is 15.4. The first kappa shape index (κ1) is 15.9. The highest BCUT2D eigenvalue weighted by molar-refractivity contribution is 6.31. The van der Waals surface area contributed by atoms with Crippen LogP contribution in [0.4, 0.5) is 0 Å². The molecule has 1 amide bonds. The van der Waals surface area contributed by atoms with Crippen LogP contribution in [0.25, 0.3) is 11.0 Å². The number of hydrogen-bond acceptors (Lipinski definition) is 4. The Morgan fingerprint density at radius 2 is 1.87 bits per heavy atom. The van der Waals surface area contributed by atoms with E-state index in [1.165, 1.54) is 0 Å². The van der Waals surface area contributed by atoms with Crippen LogP contribution in [0.2, 0.25) is 5.02 Å². The molecule has 1 aromatic heterocycles. The highest BCUT2D eigenvalue weighted by Crippen LogP contribution is 2.23. The van der Waals surface area contributed by atoms with Gasteiger partial charge in [-0.2, -0.15) is 0 Å². The lowest BCUT2D eigenvalue weighted by molar-refractivity contribution is -0.134. The zero-order chi connectivity index (χ0) is 16.2. The molecule has 0 aliphatic carbocycles. The van der Waals surface area contributed by atoms with Crippen molar-refractivity contribution in [2.24, 2.45) is 0 Å². The maximum absolute atomic E-state index is 12.1. The van der Waals surface area contributed by atoms with Crippen molar-refractivity contribution in [2.75, 3.05) is 19.7 Å². The van der Waals surface area contributed by atoms with E-state index < -0.39 is 5.97 Å². The first-order valence-corrected chi connectivity index (χ1v) is 8.15. The predicted molar refractivity (Wildman–Crippen MR) is 86.6 cm³/mol. The number of carbonyl (C=O) groups is 2. The molecule has 23 heavy (non-hydrogen) atoms. The Kier molecular flexibility index (Phi) is 4.86. The number of halogens is 1. The number of esters is 1. The average Bonchev–Trinajstić information content (AvgIpc) is 2.77. The van der Waals surface area contributed by atoms with Gasteiger partial charge in [0.15, 0.2) is 6.61 Å². The van der Waals surface area contributed by atoms with Gasteiger partial charge in [0.1, 0.15) is 5.58 Å². The van der Waals surface area contributed by atoms with Gasteiger partial charge in [0.05, 0.1) is 0 Å². The molecule has 5 nitrogen and oxygen atoms in total. The van der Waals surface area contributed by atoms with Crippen molar-refractivity contribution in [2.45, 2.75) is 25.7 Å². The lowest BCUT2D eigenvalue weighted by Gasteiger charge is -2.19. The summed E-state index contributed by atoms with van der Waals surface area (Å²) in [5.74, 6) is -0.717. The Morgan fingerprint density at radius 3 is 2.61 bits per heavy atom. The number of amides is 1. The van der Waals surface area contributed by atoms with E-state index in [1.807, 2.05) is 0 Å². The lowest BCUT2D eigenvalue weighted by Crippen LogP contribution is -2.35. The molecule has 1 aliphatic heterocycles. The molecule has 122 valence electrons. The molecule has 0 spiro atoms. The van der Waals surface area contributed by atoms with Gasteiger partial charge in [-0.05, 0) is 37.1 Å². The summed E-state index contributed by atoms with van der Waals surface area (Å²) in [4.78, 5) is 25.9. The van der Waals surface area contributed by atoms with Crippen LogP contribution >= 0.6 is 11.6 Å². The van der Waals surface area contributed by atoms with Crippen molar-refractivity contribution in [1.82, 2.24) is 4.90 Å². The standard InChI is InChI=1S/C17H18ClNO4/c18-13-5-6-14-12(9-13)10-15(23-14)17(21)22-11-16(20)19-7-3-1-2-4-8-19/h5-6,9-10H,1-4,7-8,11H2. The van der Waals surface area contributed by atoms with Crippen LogP contribution in [0, 0.1) is 0 Å². The molecule has 6 heteroatoms. The molecule has 1 saturated heterocycles. The molecule has 1 fully saturated rings. The van der Waals surface area contributed by atoms with Crippen molar-refractivity contribution in [3.05, 3.63) is 35.0 Å². The van der Waals surface area contributed by atoms with Gasteiger partial charge in [0.2, 0.25) is 5.76 Å². The minimum atomic E-state index is -0.638. The molecule has 3 rings (SSSR count). The summed E-state index contributed by atoms with van der Waals surface area (Å²) >= 11 is 5.90. The van der Waals surface area contributed by atoms with Gasteiger partial charge in [-0.25, -0.2) is 4.79 Å². The van der Waals surface area contributed by atoms with E-state index in [0.717, 1.165) is 44.2 Å². The van der Waals surface area contributed by atoms with Crippen LogP contribution in [0.3, 0.4) is 0 Å².